The van der Waals surface area contributed by atoms with Crippen molar-refractivity contribution in [3.8, 4) is 0 Å². The molecule has 158 valence electrons. The summed E-state index contributed by atoms with van der Waals surface area (Å²) in [5.41, 5.74) is 3.08. The summed E-state index contributed by atoms with van der Waals surface area (Å²) in [4.78, 5) is 27.6. The van der Waals surface area contributed by atoms with E-state index in [-0.39, 0.29) is 11.3 Å². The fourth-order valence-corrected chi connectivity index (χ4v) is 4.05. The number of benzene rings is 2. The van der Waals surface area contributed by atoms with Crippen LogP contribution >= 0.6 is 15.9 Å². The lowest BCUT2D eigenvalue weighted by Gasteiger charge is -2.23. The number of rotatable bonds is 4. The highest BCUT2D eigenvalue weighted by molar-refractivity contribution is 9.10. The van der Waals surface area contributed by atoms with Gasteiger partial charge in [-0.2, -0.15) is 0 Å². The number of nitrogens with zero attached hydrogens (tertiary/aromatic N) is 1. The first-order chi connectivity index (χ1) is 14.8. The van der Waals surface area contributed by atoms with Crippen molar-refractivity contribution in [1.82, 2.24) is 0 Å². The molecule has 1 N–H and O–H groups in total. The van der Waals surface area contributed by atoms with Crippen molar-refractivity contribution in [2.24, 2.45) is 0 Å². The average Bonchev–Trinajstić information content (AvgIpc) is 3.30. The Kier molecular flexibility index (Phi) is 5.58. The van der Waals surface area contributed by atoms with Crippen LogP contribution in [0.5, 0.6) is 0 Å². The van der Waals surface area contributed by atoms with Crippen molar-refractivity contribution in [2.45, 2.75) is 33.2 Å². The number of aliphatic hydroxyl groups excluding tert-OH is 1. The average molecular weight is 480 g/mol. The summed E-state index contributed by atoms with van der Waals surface area (Å²) in [5.74, 6) is -0.580. The van der Waals surface area contributed by atoms with Crippen LogP contribution in [0.1, 0.15) is 41.2 Å². The molecule has 1 aliphatic heterocycles. The third kappa shape index (κ3) is 3.72. The lowest BCUT2D eigenvalue weighted by Crippen LogP contribution is -2.29. The number of halogens is 1. The molecule has 1 atom stereocenters. The van der Waals surface area contributed by atoms with E-state index in [2.05, 4.69) is 15.9 Å². The largest absolute Gasteiger partial charge is 0.507 e. The molecule has 1 fully saturated rings. The zero-order valence-electron chi connectivity index (χ0n) is 17.5. The minimum atomic E-state index is -0.856. The minimum Gasteiger partial charge on any atom is -0.507 e. The molecule has 2 aromatic carbocycles. The lowest BCUT2D eigenvalue weighted by molar-refractivity contribution is -0.132. The SMILES string of the molecule is CCc1ccc(N2C(=O)C(=O)/C(=C(\O)c3ccc(Br)c(C)c3)C2c2ccc(C)o2)cc1. The van der Waals surface area contributed by atoms with Gasteiger partial charge in [-0.1, -0.05) is 41.1 Å². The first-order valence-electron chi connectivity index (χ1n) is 10.0. The van der Waals surface area contributed by atoms with Gasteiger partial charge in [0.25, 0.3) is 11.7 Å². The van der Waals surface area contributed by atoms with Crippen LogP contribution in [-0.2, 0) is 16.0 Å². The van der Waals surface area contributed by atoms with Crippen LogP contribution < -0.4 is 4.90 Å². The predicted molar refractivity (Wildman–Crippen MR) is 123 cm³/mol. The van der Waals surface area contributed by atoms with Gasteiger partial charge >= 0.3 is 0 Å². The second kappa shape index (κ2) is 8.19. The molecule has 4 rings (SSSR count). The van der Waals surface area contributed by atoms with Crippen molar-refractivity contribution < 1.29 is 19.1 Å². The van der Waals surface area contributed by atoms with Crippen molar-refractivity contribution in [3.05, 3.63) is 92.9 Å². The molecule has 0 radical (unpaired) electrons. The van der Waals surface area contributed by atoms with Crippen LogP contribution in [0.4, 0.5) is 5.69 Å². The molecule has 1 aliphatic rings. The number of Topliss-reactive ketones (excluding diaryl/α,β-unsaturated/α-hetero) is 1. The zero-order valence-corrected chi connectivity index (χ0v) is 19.1. The molecule has 6 heteroatoms. The molecular formula is C25H22BrNO4. The van der Waals surface area contributed by atoms with E-state index < -0.39 is 17.7 Å². The summed E-state index contributed by atoms with van der Waals surface area (Å²) in [6, 6.07) is 15.4. The van der Waals surface area contributed by atoms with E-state index >= 15 is 0 Å². The van der Waals surface area contributed by atoms with Crippen LogP contribution in [0, 0.1) is 13.8 Å². The summed E-state index contributed by atoms with van der Waals surface area (Å²) in [6.07, 6.45) is 0.864. The van der Waals surface area contributed by atoms with Gasteiger partial charge in [-0.15, -0.1) is 0 Å². The smallest absolute Gasteiger partial charge is 0.300 e. The van der Waals surface area contributed by atoms with E-state index in [1.165, 1.54) is 4.90 Å². The Morgan fingerprint density at radius 1 is 1.06 bits per heavy atom. The maximum atomic E-state index is 13.1. The molecule has 0 bridgehead atoms. The fraction of sp³-hybridized carbons (Fsp3) is 0.200. The van der Waals surface area contributed by atoms with Gasteiger partial charge in [-0.3, -0.25) is 14.5 Å². The van der Waals surface area contributed by atoms with Crippen molar-refractivity contribution in [3.63, 3.8) is 0 Å². The highest BCUT2D eigenvalue weighted by Crippen LogP contribution is 2.42. The van der Waals surface area contributed by atoms with E-state index in [9.17, 15) is 14.7 Å². The van der Waals surface area contributed by atoms with Crippen LogP contribution in [0.2, 0.25) is 0 Å². The van der Waals surface area contributed by atoms with Gasteiger partial charge in [0.2, 0.25) is 0 Å². The molecule has 0 aliphatic carbocycles. The van der Waals surface area contributed by atoms with Gasteiger partial charge in [-0.05, 0) is 67.8 Å². The molecule has 2 heterocycles. The minimum absolute atomic E-state index is 0.0145. The third-order valence-corrected chi connectivity index (χ3v) is 6.42. The number of hydrogen-bond donors (Lipinski definition) is 1. The van der Waals surface area contributed by atoms with Gasteiger partial charge in [0.15, 0.2) is 0 Å². The Morgan fingerprint density at radius 2 is 1.77 bits per heavy atom. The predicted octanol–water partition coefficient (Wildman–Crippen LogP) is 5.85. The van der Waals surface area contributed by atoms with Gasteiger partial charge in [0.05, 0.1) is 5.57 Å². The number of ketones is 1. The molecule has 1 unspecified atom stereocenters. The van der Waals surface area contributed by atoms with Crippen molar-refractivity contribution >= 4 is 39.1 Å². The van der Waals surface area contributed by atoms with Crippen LogP contribution in [0.15, 0.2) is 69.1 Å². The third-order valence-electron chi connectivity index (χ3n) is 5.53. The maximum Gasteiger partial charge on any atom is 0.300 e. The Labute approximate surface area is 189 Å². The number of furan rings is 1. The van der Waals surface area contributed by atoms with Crippen molar-refractivity contribution in [1.29, 1.82) is 0 Å². The van der Waals surface area contributed by atoms with E-state index in [4.69, 9.17) is 4.42 Å². The molecule has 5 nitrogen and oxygen atoms in total. The first-order valence-corrected chi connectivity index (χ1v) is 10.8. The van der Waals surface area contributed by atoms with E-state index in [0.29, 0.717) is 22.8 Å². The molecular weight excluding hydrogens is 458 g/mol. The first kappa shape index (κ1) is 21.1. The van der Waals surface area contributed by atoms with Gasteiger partial charge in [-0.25, -0.2) is 0 Å². The fourth-order valence-electron chi connectivity index (χ4n) is 3.81. The van der Waals surface area contributed by atoms with E-state index in [1.807, 2.05) is 38.1 Å². The Bertz CT molecular complexity index is 1210. The maximum absolute atomic E-state index is 13.1. The number of hydrogen-bond acceptors (Lipinski definition) is 4. The monoisotopic (exact) mass is 479 g/mol. The normalized spacial score (nSPS) is 18.1. The van der Waals surface area contributed by atoms with Crippen LogP contribution in [-0.4, -0.2) is 16.8 Å². The summed E-state index contributed by atoms with van der Waals surface area (Å²) >= 11 is 3.44. The number of aryl methyl sites for hydroxylation is 3. The second-order valence-corrected chi connectivity index (χ2v) is 8.46. The van der Waals surface area contributed by atoms with Gasteiger partial charge in [0.1, 0.15) is 23.3 Å². The van der Waals surface area contributed by atoms with E-state index in [1.54, 1.807) is 37.3 Å². The van der Waals surface area contributed by atoms with E-state index in [0.717, 1.165) is 22.0 Å². The van der Waals surface area contributed by atoms with Gasteiger partial charge in [0, 0.05) is 15.7 Å². The summed E-state index contributed by atoms with van der Waals surface area (Å²) in [7, 11) is 0. The van der Waals surface area contributed by atoms with Crippen LogP contribution in [0.3, 0.4) is 0 Å². The quantitative estimate of drug-likeness (QED) is 0.289. The highest BCUT2D eigenvalue weighted by atomic mass is 79.9. The molecule has 1 amide bonds. The molecule has 1 aromatic heterocycles. The summed E-state index contributed by atoms with van der Waals surface area (Å²) in [6.45, 7) is 5.74. The molecule has 3 aromatic rings. The summed E-state index contributed by atoms with van der Waals surface area (Å²) in [5, 5.41) is 11.1. The number of carbonyl (C=O) groups excluding carboxylic acids is 2. The molecule has 1 saturated heterocycles. The highest BCUT2D eigenvalue weighted by Gasteiger charge is 2.48. The Morgan fingerprint density at radius 3 is 2.35 bits per heavy atom. The topological polar surface area (TPSA) is 70.8 Å². The Balaban J connectivity index is 1.91. The number of amides is 1. The van der Waals surface area contributed by atoms with Crippen LogP contribution in [0.25, 0.3) is 5.76 Å². The number of aliphatic hydroxyl groups is 1. The number of carbonyl (C=O) groups is 2. The standard InChI is InChI=1S/C25H22BrNO4/c1-4-16-6-9-18(10-7-16)27-22(20-12-5-15(3)31-20)21(24(29)25(27)30)23(28)17-8-11-19(26)14(2)13-17/h5-13,22,28H,4H2,1-3H3/b23-21-. The van der Waals surface area contributed by atoms with Crippen molar-refractivity contribution in [2.75, 3.05) is 4.90 Å². The molecule has 0 spiro atoms. The lowest BCUT2D eigenvalue weighted by atomic mass is 9.98. The number of anilines is 1. The Hall–Kier alpha value is -3.12. The molecule has 31 heavy (non-hydrogen) atoms. The molecule has 0 saturated carbocycles. The zero-order chi connectivity index (χ0) is 22.3. The second-order valence-electron chi connectivity index (χ2n) is 7.60. The van der Waals surface area contributed by atoms with Gasteiger partial charge < -0.3 is 9.52 Å². The summed E-state index contributed by atoms with van der Waals surface area (Å²) < 4.78 is 6.71.